The molecule has 0 bridgehead atoms. The van der Waals surface area contributed by atoms with Gasteiger partial charge in [0.05, 0.1) is 10.6 Å². The first-order valence-electron chi connectivity index (χ1n) is 9.11. The lowest BCUT2D eigenvalue weighted by molar-refractivity contribution is -0.135. The smallest absolute Gasteiger partial charge is 0.322 e. The summed E-state index contributed by atoms with van der Waals surface area (Å²) < 4.78 is 27.2. The molecule has 0 aromatic heterocycles. The molecule has 2 aromatic carbocycles. The van der Waals surface area contributed by atoms with Crippen molar-refractivity contribution in [2.45, 2.75) is 31.2 Å². The molecule has 30 heavy (non-hydrogen) atoms. The van der Waals surface area contributed by atoms with Crippen LogP contribution in [-0.4, -0.2) is 44.2 Å². The van der Waals surface area contributed by atoms with Gasteiger partial charge in [-0.05, 0) is 61.4 Å². The maximum atomic E-state index is 12.8. The molecule has 3 N–H and O–H groups in total. The highest BCUT2D eigenvalue weighted by molar-refractivity contribution is 7.88. The van der Waals surface area contributed by atoms with Crippen molar-refractivity contribution in [3.63, 3.8) is 0 Å². The number of carbonyl (C=O) groups excluding carboxylic acids is 2. The topological polar surface area (TPSA) is 136 Å². The van der Waals surface area contributed by atoms with Crippen LogP contribution in [0, 0.1) is 0 Å². The molecule has 0 fully saturated rings. The number of carboxylic acid groups (broad SMARTS) is 1. The maximum Gasteiger partial charge on any atom is 0.322 e. The van der Waals surface area contributed by atoms with Crippen molar-refractivity contribution in [3.8, 4) is 0 Å². The fourth-order valence-electron chi connectivity index (χ4n) is 3.38. The monoisotopic (exact) mass is 431 g/mol. The maximum absolute atomic E-state index is 12.8. The first-order valence-corrected chi connectivity index (χ1v) is 10.6. The SMILES string of the molecule is CC(=O)N1c2ccc(S(=O)(O)=Nc3ccc(C(=O)NCC(=O)O)cc3)cc2C[C@@H]1C. The Balaban J connectivity index is 1.85. The third-order valence-electron chi connectivity index (χ3n) is 4.67. The summed E-state index contributed by atoms with van der Waals surface area (Å²) >= 11 is 0. The molecule has 2 aromatic rings. The van der Waals surface area contributed by atoms with Gasteiger partial charge in [-0.1, -0.05) is 0 Å². The molecule has 2 amide bonds. The molecular weight excluding hydrogens is 410 g/mol. The molecule has 0 saturated carbocycles. The third kappa shape index (κ3) is 4.50. The summed E-state index contributed by atoms with van der Waals surface area (Å²) in [6.07, 6.45) is 0.582. The molecule has 3 rings (SSSR count). The van der Waals surface area contributed by atoms with Gasteiger partial charge in [-0.3, -0.25) is 18.9 Å². The van der Waals surface area contributed by atoms with Crippen LogP contribution in [0.2, 0.25) is 0 Å². The number of hydrogen-bond donors (Lipinski definition) is 3. The van der Waals surface area contributed by atoms with E-state index >= 15 is 0 Å². The zero-order valence-electron chi connectivity index (χ0n) is 16.4. The van der Waals surface area contributed by atoms with Gasteiger partial charge in [-0.25, -0.2) is 4.21 Å². The van der Waals surface area contributed by atoms with Crippen molar-refractivity contribution in [2.75, 3.05) is 11.4 Å². The van der Waals surface area contributed by atoms with Crippen molar-refractivity contribution >= 4 is 39.2 Å². The van der Waals surface area contributed by atoms with Gasteiger partial charge < -0.3 is 15.3 Å². The number of nitrogens with one attached hydrogen (secondary N) is 1. The molecular formula is C20H21N3O6S. The predicted molar refractivity (Wildman–Crippen MR) is 110 cm³/mol. The second kappa shape index (κ2) is 8.25. The molecule has 2 atom stereocenters. The van der Waals surface area contributed by atoms with Crippen molar-refractivity contribution in [1.29, 1.82) is 0 Å². The lowest BCUT2D eigenvalue weighted by atomic mass is 10.1. The quantitative estimate of drug-likeness (QED) is 0.665. The summed E-state index contributed by atoms with van der Waals surface area (Å²) in [6, 6.07) is 10.3. The van der Waals surface area contributed by atoms with Crippen LogP contribution in [0.25, 0.3) is 0 Å². The van der Waals surface area contributed by atoms with Crippen molar-refractivity contribution < 1.29 is 28.3 Å². The molecule has 1 heterocycles. The van der Waals surface area contributed by atoms with Crippen LogP contribution >= 0.6 is 0 Å². The molecule has 1 unspecified atom stereocenters. The van der Waals surface area contributed by atoms with E-state index in [0.717, 1.165) is 11.3 Å². The summed E-state index contributed by atoms with van der Waals surface area (Å²) in [4.78, 5) is 36.0. The molecule has 0 spiro atoms. The third-order valence-corrected chi connectivity index (χ3v) is 6.00. The summed E-state index contributed by atoms with van der Waals surface area (Å²) in [5.74, 6) is -1.82. The molecule has 0 saturated heterocycles. The summed E-state index contributed by atoms with van der Waals surface area (Å²) in [5.41, 5.74) is 1.93. The summed E-state index contributed by atoms with van der Waals surface area (Å²) in [6.45, 7) is 2.89. The Labute approximate surface area is 173 Å². The van der Waals surface area contributed by atoms with Crippen LogP contribution in [0.1, 0.15) is 29.8 Å². The number of rotatable bonds is 5. The Kier molecular flexibility index (Phi) is 5.90. The number of carbonyl (C=O) groups is 3. The van der Waals surface area contributed by atoms with Gasteiger partial charge in [0.2, 0.25) is 5.91 Å². The highest BCUT2D eigenvalue weighted by atomic mass is 32.2. The van der Waals surface area contributed by atoms with Crippen molar-refractivity contribution in [2.24, 2.45) is 4.36 Å². The van der Waals surface area contributed by atoms with E-state index in [2.05, 4.69) is 9.68 Å². The van der Waals surface area contributed by atoms with Crippen LogP contribution in [0.3, 0.4) is 0 Å². The number of aliphatic carboxylic acids is 1. The van der Waals surface area contributed by atoms with Crippen LogP contribution in [0.5, 0.6) is 0 Å². The number of anilines is 1. The van der Waals surface area contributed by atoms with E-state index in [1.165, 1.54) is 37.3 Å². The average Bonchev–Trinajstić information content (AvgIpc) is 3.01. The highest BCUT2D eigenvalue weighted by Gasteiger charge is 2.29. The van der Waals surface area contributed by atoms with Crippen molar-refractivity contribution in [3.05, 3.63) is 53.6 Å². The minimum absolute atomic E-state index is 0.0285. The van der Waals surface area contributed by atoms with E-state index in [1.54, 1.807) is 17.0 Å². The second-order valence-corrected chi connectivity index (χ2v) is 8.59. The first-order chi connectivity index (χ1) is 14.1. The molecule has 0 aliphatic carbocycles. The Hall–Kier alpha value is -3.24. The van der Waals surface area contributed by atoms with E-state index in [-0.39, 0.29) is 28.1 Å². The second-order valence-electron chi connectivity index (χ2n) is 6.94. The van der Waals surface area contributed by atoms with E-state index < -0.39 is 28.4 Å². The Morgan fingerprint density at radius 2 is 1.87 bits per heavy atom. The average molecular weight is 431 g/mol. The van der Waals surface area contributed by atoms with Gasteiger partial charge in [0, 0.05) is 24.2 Å². The number of nitrogens with zero attached hydrogens (tertiary/aromatic N) is 2. The molecule has 1 aliphatic heterocycles. The van der Waals surface area contributed by atoms with E-state index in [1.807, 2.05) is 6.92 Å². The fourth-order valence-corrected chi connectivity index (χ4v) is 4.43. The Morgan fingerprint density at radius 1 is 1.20 bits per heavy atom. The van der Waals surface area contributed by atoms with Crippen LogP contribution in [0.15, 0.2) is 51.7 Å². The van der Waals surface area contributed by atoms with Gasteiger partial charge in [0.1, 0.15) is 6.54 Å². The molecule has 10 heteroatoms. The Morgan fingerprint density at radius 3 is 2.47 bits per heavy atom. The van der Waals surface area contributed by atoms with E-state index in [0.29, 0.717) is 6.42 Å². The lowest BCUT2D eigenvalue weighted by Crippen LogP contribution is -2.33. The molecule has 0 radical (unpaired) electrons. The zero-order valence-corrected chi connectivity index (χ0v) is 17.2. The number of amides is 2. The van der Waals surface area contributed by atoms with E-state index in [9.17, 15) is 23.1 Å². The summed E-state index contributed by atoms with van der Waals surface area (Å²) in [7, 11) is -3.75. The summed E-state index contributed by atoms with van der Waals surface area (Å²) in [5, 5.41) is 10.8. The highest BCUT2D eigenvalue weighted by Crippen LogP contribution is 2.34. The zero-order chi connectivity index (χ0) is 22.1. The van der Waals surface area contributed by atoms with Gasteiger partial charge >= 0.3 is 5.97 Å². The van der Waals surface area contributed by atoms with Crippen molar-refractivity contribution in [1.82, 2.24) is 5.32 Å². The Bertz CT molecular complexity index is 1140. The number of hydrogen-bond acceptors (Lipinski definition) is 5. The van der Waals surface area contributed by atoms with Gasteiger partial charge in [-0.15, -0.1) is 0 Å². The largest absolute Gasteiger partial charge is 0.480 e. The normalized spacial score (nSPS) is 17.0. The molecule has 158 valence electrons. The van der Waals surface area contributed by atoms with Crippen LogP contribution in [-0.2, 0) is 26.0 Å². The predicted octanol–water partition coefficient (Wildman–Crippen LogP) is 2.43. The minimum Gasteiger partial charge on any atom is -0.480 e. The standard InChI is InChI=1S/C20H21N3O6S/c1-12-9-15-10-17(7-8-18(15)23(12)13(2)24)30(28,29)22-16-5-3-14(4-6-16)20(27)21-11-19(25)26/h3-8,10,12H,9,11H2,1-2H3,(H,21,27)(H,25,26)(H,22,28,29)/t12-/m0/s1. The molecule has 9 nitrogen and oxygen atoms in total. The number of carboxylic acids is 1. The van der Waals surface area contributed by atoms with Crippen LogP contribution in [0.4, 0.5) is 11.4 Å². The number of benzene rings is 2. The van der Waals surface area contributed by atoms with E-state index in [4.69, 9.17) is 5.11 Å². The lowest BCUT2D eigenvalue weighted by Gasteiger charge is -2.20. The first kappa shape index (κ1) is 21.5. The minimum atomic E-state index is -3.75. The fraction of sp³-hybridized carbons (Fsp3) is 0.250. The van der Waals surface area contributed by atoms with Gasteiger partial charge in [0.15, 0.2) is 10.0 Å². The van der Waals surface area contributed by atoms with Crippen LogP contribution < -0.4 is 10.2 Å². The number of fused-ring (bicyclic) bond motifs is 1. The van der Waals surface area contributed by atoms with Gasteiger partial charge in [-0.2, -0.15) is 4.36 Å². The molecule has 1 aliphatic rings. The van der Waals surface area contributed by atoms with Gasteiger partial charge in [0.25, 0.3) is 5.91 Å².